The fourth-order valence-corrected chi connectivity index (χ4v) is 2.85. The quantitative estimate of drug-likeness (QED) is 0.363. The molecule has 0 aromatic heterocycles. The molecule has 140 valence electrons. The maximum absolute atomic E-state index is 12.9. The second-order valence-electron chi connectivity index (χ2n) is 6.64. The third-order valence-electron chi connectivity index (χ3n) is 4.40. The number of halogens is 1. The third-order valence-corrected chi connectivity index (χ3v) is 4.40. The molecule has 0 saturated heterocycles. The van der Waals surface area contributed by atoms with Crippen molar-refractivity contribution >= 4 is 10.8 Å². The van der Waals surface area contributed by atoms with Crippen molar-refractivity contribution < 1.29 is 9.13 Å². The second kappa shape index (κ2) is 10.2. The first-order valence-electron chi connectivity index (χ1n) is 9.69. The average Bonchev–Trinajstić information content (AvgIpc) is 2.72. The minimum absolute atomic E-state index is 0.266. The summed E-state index contributed by atoms with van der Waals surface area (Å²) in [7, 11) is 0. The van der Waals surface area contributed by atoms with Crippen LogP contribution in [0.2, 0.25) is 0 Å². The molecule has 0 bridgehead atoms. The van der Waals surface area contributed by atoms with Crippen molar-refractivity contribution in [1.29, 1.82) is 0 Å². The monoisotopic (exact) mass is 370 g/mol. The van der Waals surface area contributed by atoms with Crippen LogP contribution in [0.15, 0.2) is 60.7 Å². The molecule has 0 aliphatic heterocycles. The lowest BCUT2D eigenvalue weighted by Gasteiger charge is -2.07. The number of ether oxygens (including phenoxy) is 1. The van der Waals surface area contributed by atoms with E-state index in [2.05, 4.69) is 48.8 Å². The fraction of sp³-hybridized carbons (Fsp3) is 0.231. The molecule has 0 aliphatic carbocycles. The van der Waals surface area contributed by atoms with E-state index < -0.39 is 0 Å². The van der Waals surface area contributed by atoms with Gasteiger partial charge in [-0.3, -0.25) is 0 Å². The van der Waals surface area contributed by atoms with Gasteiger partial charge in [-0.1, -0.05) is 50.2 Å². The Morgan fingerprint density at radius 3 is 2.21 bits per heavy atom. The first kappa shape index (κ1) is 19.5. The van der Waals surface area contributed by atoms with Crippen LogP contribution in [0.4, 0.5) is 4.39 Å². The molecule has 0 saturated carbocycles. The molecule has 3 aromatic carbocycles. The van der Waals surface area contributed by atoms with Crippen molar-refractivity contribution in [2.24, 2.45) is 0 Å². The molecule has 0 N–H and O–H groups in total. The molecule has 1 nitrogen and oxygen atoms in total. The largest absolute Gasteiger partial charge is 0.494 e. The zero-order valence-corrected chi connectivity index (χ0v) is 16.1. The van der Waals surface area contributed by atoms with Gasteiger partial charge < -0.3 is 4.74 Å². The van der Waals surface area contributed by atoms with Gasteiger partial charge in [0, 0.05) is 11.1 Å². The van der Waals surface area contributed by atoms with Crippen molar-refractivity contribution in [3.8, 4) is 29.4 Å². The highest BCUT2D eigenvalue weighted by molar-refractivity contribution is 5.85. The van der Waals surface area contributed by atoms with Crippen molar-refractivity contribution in [2.75, 3.05) is 6.61 Å². The summed E-state index contributed by atoms with van der Waals surface area (Å²) in [5.74, 6) is 12.3. The van der Waals surface area contributed by atoms with Gasteiger partial charge in [-0.2, -0.15) is 0 Å². The first-order chi connectivity index (χ1) is 13.7. The summed E-state index contributed by atoms with van der Waals surface area (Å²) in [4.78, 5) is 0. The lowest BCUT2D eigenvalue weighted by atomic mass is 10.1. The Morgan fingerprint density at radius 1 is 0.750 bits per heavy atom. The number of hydrogen-bond donors (Lipinski definition) is 0. The lowest BCUT2D eigenvalue weighted by Crippen LogP contribution is -1.97. The Balaban J connectivity index is 1.63. The van der Waals surface area contributed by atoms with Crippen LogP contribution < -0.4 is 4.74 Å². The van der Waals surface area contributed by atoms with Crippen LogP contribution in [-0.2, 0) is 0 Å². The molecular weight excluding hydrogens is 347 g/mol. The van der Waals surface area contributed by atoms with E-state index in [0.29, 0.717) is 0 Å². The van der Waals surface area contributed by atoms with Gasteiger partial charge in [0.2, 0.25) is 0 Å². The van der Waals surface area contributed by atoms with Crippen molar-refractivity contribution in [3.63, 3.8) is 0 Å². The van der Waals surface area contributed by atoms with Gasteiger partial charge in [0.15, 0.2) is 0 Å². The Labute approximate surface area is 166 Å². The van der Waals surface area contributed by atoms with Crippen LogP contribution >= 0.6 is 0 Å². The second-order valence-corrected chi connectivity index (χ2v) is 6.64. The van der Waals surface area contributed by atoms with Gasteiger partial charge in [0.05, 0.1) is 6.61 Å². The number of benzene rings is 3. The fourth-order valence-electron chi connectivity index (χ4n) is 2.85. The van der Waals surface area contributed by atoms with Crippen LogP contribution in [0.1, 0.15) is 43.7 Å². The first-order valence-corrected chi connectivity index (χ1v) is 9.69. The maximum Gasteiger partial charge on any atom is 0.123 e. The van der Waals surface area contributed by atoms with Crippen LogP contribution in [0.3, 0.4) is 0 Å². The zero-order chi connectivity index (χ0) is 19.6. The van der Waals surface area contributed by atoms with E-state index in [-0.39, 0.29) is 5.82 Å². The van der Waals surface area contributed by atoms with Gasteiger partial charge >= 0.3 is 0 Å². The predicted octanol–water partition coefficient (Wildman–Crippen LogP) is 6.34. The minimum Gasteiger partial charge on any atom is -0.494 e. The smallest absolute Gasteiger partial charge is 0.123 e. The van der Waals surface area contributed by atoms with Gasteiger partial charge in [0.25, 0.3) is 0 Å². The molecule has 0 unspecified atom stereocenters. The molecule has 0 radical (unpaired) electrons. The number of fused-ring (bicyclic) bond motifs is 1. The summed E-state index contributed by atoms with van der Waals surface area (Å²) in [6, 6.07) is 18.3. The summed E-state index contributed by atoms with van der Waals surface area (Å²) < 4.78 is 18.7. The minimum atomic E-state index is -0.266. The van der Waals surface area contributed by atoms with Crippen LogP contribution in [0.5, 0.6) is 5.75 Å². The molecule has 0 heterocycles. The normalized spacial score (nSPS) is 9.93. The summed E-state index contributed by atoms with van der Waals surface area (Å²) in [5, 5.41) is 2.26. The molecule has 0 aliphatic rings. The van der Waals surface area contributed by atoms with Crippen molar-refractivity contribution in [3.05, 3.63) is 77.6 Å². The Morgan fingerprint density at radius 2 is 1.43 bits per heavy atom. The summed E-state index contributed by atoms with van der Waals surface area (Å²) >= 11 is 0. The summed E-state index contributed by atoms with van der Waals surface area (Å²) in [5.41, 5.74) is 1.66. The van der Waals surface area contributed by atoms with Gasteiger partial charge in [0.1, 0.15) is 11.6 Å². The molecule has 2 heteroatoms. The average molecular weight is 370 g/mol. The van der Waals surface area contributed by atoms with Crippen molar-refractivity contribution in [2.45, 2.75) is 32.6 Å². The Hall–Kier alpha value is -3.23. The van der Waals surface area contributed by atoms with Crippen LogP contribution in [0.25, 0.3) is 10.8 Å². The molecule has 3 aromatic rings. The van der Waals surface area contributed by atoms with E-state index in [4.69, 9.17) is 4.74 Å². The molecule has 3 rings (SSSR count). The molecule has 0 spiro atoms. The third kappa shape index (κ3) is 5.90. The topological polar surface area (TPSA) is 9.23 Å². The number of rotatable bonds is 6. The van der Waals surface area contributed by atoms with Crippen molar-refractivity contribution in [1.82, 2.24) is 0 Å². The van der Waals surface area contributed by atoms with Gasteiger partial charge in [-0.05, 0) is 77.6 Å². The number of hydrogen-bond acceptors (Lipinski definition) is 1. The molecule has 0 amide bonds. The highest BCUT2D eigenvalue weighted by Gasteiger charge is 1.99. The Bertz CT molecular complexity index is 1040. The Kier molecular flexibility index (Phi) is 7.11. The summed E-state index contributed by atoms with van der Waals surface area (Å²) in [6.07, 6.45) is 4.81. The molecule has 0 fully saturated rings. The summed E-state index contributed by atoms with van der Waals surface area (Å²) in [6.45, 7) is 2.97. The van der Waals surface area contributed by atoms with Crippen LogP contribution in [0, 0.1) is 29.5 Å². The van der Waals surface area contributed by atoms with E-state index in [0.717, 1.165) is 40.7 Å². The zero-order valence-electron chi connectivity index (χ0n) is 16.1. The molecule has 28 heavy (non-hydrogen) atoms. The highest BCUT2D eigenvalue weighted by atomic mass is 19.1. The van der Waals surface area contributed by atoms with E-state index in [1.54, 1.807) is 12.1 Å². The standard InChI is InChI=1S/C26H23FO/c1-2-3-4-7-18-28-26-17-14-23-19-22(10-13-24(23)20-26)9-6-5-8-21-11-15-25(27)16-12-21/h10-17,19-20H,2-4,7,18H2,1H3. The van der Waals surface area contributed by atoms with E-state index in [1.807, 2.05) is 18.2 Å². The van der Waals surface area contributed by atoms with E-state index in [9.17, 15) is 4.39 Å². The predicted molar refractivity (Wildman–Crippen MR) is 114 cm³/mol. The maximum atomic E-state index is 12.9. The van der Waals surface area contributed by atoms with E-state index >= 15 is 0 Å². The highest BCUT2D eigenvalue weighted by Crippen LogP contribution is 2.22. The SMILES string of the molecule is CCCCCCOc1ccc2cc(C#CC#Cc3ccc(F)cc3)ccc2c1. The van der Waals surface area contributed by atoms with Gasteiger partial charge in [-0.15, -0.1) is 0 Å². The van der Waals surface area contributed by atoms with E-state index in [1.165, 1.54) is 31.4 Å². The molecular formula is C26H23FO. The van der Waals surface area contributed by atoms with Gasteiger partial charge in [-0.25, -0.2) is 4.39 Å². The number of unbranched alkanes of at least 4 members (excludes halogenated alkanes) is 3. The molecule has 0 atom stereocenters. The van der Waals surface area contributed by atoms with Crippen LogP contribution in [-0.4, -0.2) is 6.61 Å². The lowest BCUT2D eigenvalue weighted by molar-refractivity contribution is 0.305.